The number of ether oxygens (including phenoxy) is 1. The average molecular weight is 380 g/mol. The lowest BCUT2D eigenvalue weighted by molar-refractivity contribution is -0.136. The summed E-state index contributed by atoms with van der Waals surface area (Å²) in [5, 5.41) is 2.90. The molecule has 0 spiro atoms. The van der Waals surface area contributed by atoms with Gasteiger partial charge in [-0.3, -0.25) is 9.59 Å². The summed E-state index contributed by atoms with van der Waals surface area (Å²) in [5.41, 5.74) is 2.00. The number of hydrogen-bond donors (Lipinski definition) is 1. The number of methoxy groups -OCH3 is 1. The number of nitrogens with zero attached hydrogens (tertiary/aromatic N) is 1. The Morgan fingerprint density at radius 3 is 2.04 bits per heavy atom. The van der Waals surface area contributed by atoms with Crippen LogP contribution in [0.15, 0.2) is 60.7 Å². The molecule has 1 fully saturated rings. The minimum absolute atomic E-state index is 0.0344. The second-order valence-corrected chi connectivity index (χ2v) is 7.14. The first-order valence-corrected chi connectivity index (χ1v) is 9.86. The molecule has 0 atom stereocenters. The van der Waals surface area contributed by atoms with Gasteiger partial charge in [-0.05, 0) is 24.0 Å². The van der Waals surface area contributed by atoms with Gasteiger partial charge < -0.3 is 15.0 Å². The molecule has 0 bridgehead atoms. The lowest BCUT2D eigenvalue weighted by Gasteiger charge is -2.34. The summed E-state index contributed by atoms with van der Waals surface area (Å²) in [6, 6.07) is 19.8. The van der Waals surface area contributed by atoms with Crippen LogP contribution in [0.2, 0.25) is 0 Å². The maximum absolute atomic E-state index is 13.4. The quantitative estimate of drug-likeness (QED) is 0.752. The number of likely N-dealkylation sites (tertiary alicyclic amines) is 1. The maximum Gasteiger partial charge on any atom is 0.234 e. The number of benzene rings is 2. The van der Waals surface area contributed by atoms with Crippen molar-refractivity contribution in [3.8, 4) is 0 Å². The summed E-state index contributed by atoms with van der Waals surface area (Å²) in [4.78, 5) is 27.6. The molecule has 5 nitrogen and oxygen atoms in total. The Bertz CT molecular complexity index is 716. The number of amides is 2. The Morgan fingerprint density at radius 2 is 1.54 bits per heavy atom. The van der Waals surface area contributed by atoms with Crippen LogP contribution in [0.1, 0.15) is 29.9 Å². The Kier molecular flexibility index (Phi) is 7.20. The van der Waals surface area contributed by atoms with Gasteiger partial charge in [-0.1, -0.05) is 60.7 Å². The van der Waals surface area contributed by atoms with Crippen LogP contribution in [0.25, 0.3) is 0 Å². The van der Waals surface area contributed by atoms with Crippen molar-refractivity contribution in [2.75, 3.05) is 33.4 Å². The van der Waals surface area contributed by atoms with E-state index in [-0.39, 0.29) is 23.7 Å². The van der Waals surface area contributed by atoms with Crippen LogP contribution < -0.4 is 5.32 Å². The zero-order valence-corrected chi connectivity index (χ0v) is 16.3. The van der Waals surface area contributed by atoms with Gasteiger partial charge in [0.15, 0.2) is 0 Å². The van der Waals surface area contributed by atoms with Crippen molar-refractivity contribution in [2.45, 2.75) is 18.8 Å². The van der Waals surface area contributed by atoms with Crippen LogP contribution in [-0.2, 0) is 14.3 Å². The van der Waals surface area contributed by atoms with Crippen LogP contribution in [-0.4, -0.2) is 50.1 Å². The van der Waals surface area contributed by atoms with E-state index >= 15 is 0 Å². The van der Waals surface area contributed by atoms with E-state index in [4.69, 9.17) is 4.74 Å². The molecule has 2 aromatic carbocycles. The Labute approximate surface area is 166 Å². The maximum atomic E-state index is 13.4. The summed E-state index contributed by atoms with van der Waals surface area (Å²) < 4.78 is 4.97. The molecule has 1 aliphatic rings. The lowest BCUT2D eigenvalue weighted by atomic mass is 9.88. The molecule has 3 rings (SSSR count). The Balaban J connectivity index is 1.67. The van der Waals surface area contributed by atoms with E-state index in [1.54, 1.807) is 7.11 Å². The number of rotatable bonds is 7. The molecular weight excluding hydrogens is 352 g/mol. The highest BCUT2D eigenvalue weighted by Gasteiger charge is 2.32. The molecule has 148 valence electrons. The monoisotopic (exact) mass is 380 g/mol. The van der Waals surface area contributed by atoms with Crippen LogP contribution in [0.4, 0.5) is 0 Å². The molecule has 2 amide bonds. The number of piperidine rings is 1. The van der Waals surface area contributed by atoms with E-state index in [0.717, 1.165) is 11.1 Å². The SMILES string of the molecule is COCCNC(=O)C1CCN(C(=O)C(c2ccccc2)c2ccccc2)CC1. The summed E-state index contributed by atoms with van der Waals surface area (Å²) in [5.74, 6) is -0.176. The van der Waals surface area contributed by atoms with Gasteiger partial charge in [0.2, 0.25) is 11.8 Å². The van der Waals surface area contributed by atoms with Crippen molar-refractivity contribution in [1.29, 1.82) is 0 Å². The minimum Gasteiger partial charge on any atom is -0.383 e. The van der Waals surface area contributed by atoms with Crippen LogP contribution in [0, 0.1) is 5.92 Å². The van der Waals surface area contributed by atoms with E-state index in [1.807, 2.05) is 65.6 Å². The summed E-state index contributed by atoms with van der Waals surface area (Å²) in [6.45, 7) is 2.26. The van der Waals surface area contributed by atoms with Crippen LogP contribution in [0.5, 0.6) is 0 Å². The van der Waals surface area contributed by atoms with Gasteiger partial charge in [0.1, 0.15) is 0 Å². The van der Waals surface area contributed by atoms with E-state index in [1.165, 1.54) is 0 Å². The third-order valence-corrected chi connectivity index (χ3v) is 5.30. The van der Waals surface area contributed by atoms with Gasteiger partial charge in [-0.25, -0.2) is 0 Å². The number of carbonyl (C=O) groups excluding carboxylic acids is 2. The molecule has 2 aromatic rings. The van der Waals surface area contributed by atoms with Gasteiger partial charge in [0, 0.05) is 32.7 Å². The van der Waals surface area contributed by atoms with Crippen molar-refractivity contribution in [3.05, 3.63) is 71.8 Å². The molecule has 1 N–H and O–H groups in total. The average Bonchev–Trinajstić information content (AvgIpc) is 2.75. The van der Waals surface area contributed by atoms with E-state index in [0.29, 0.717) is 39.1 Å². The first kappa shape index (κ1) is 20.1. The molecule has 0 radical (unpaired) electrons. The van der Waals surface area contributed by atoms with Crippen molar-refractivity contribution in [3.63, 3.8) is 0 Å². The van der Waals surface area contributed by atoms with Crippen molar-refractivity contribution >= 4 is 11.8 Å². The fourth-order valence-corrected chi connectivity index (χ4v) is 3.73. The molecule has 5 heteroatoms. The van der Waals surface area contributed by atoms with Crippen molar-refractivity contribution in [1.82, 2.24) is 10.2 Å². The summed E-state index contributed by atoms with van der Waals surface area (Å²) in [6.07, 6.45) is 1.39. The summed E-state index contributed by atoms with van der Waals surface area (Å²) in [7, 11) is 1.62. The fourth-order valence-electron chi connectivity index (χ4n) is 3.73. The first-order valence-electron chi connectivity index (χ1n) is 9.86. The van der Waals surface area contributed by atoms with Gasteiger partial charge in [0.05, 0.1) is 12.5 Å². The molecule has 0 unspecified atom stereocenters. The number of hydrogen-bond acceptors (Lipinski definition) is 3. The van der Waals surface area contributed by atoms with Gasteiger partial charge in [-0.2, -0.15) is 0 Å². The first-order chi connectivity index (χ1) is 13.7. The fraction of sp³-hybridized carbons (Fsp3) is 0.391. The predicted octanol–water partition coefficient (Wildman–Crippen LogP) is 2.82. The number of nitrogens with one attached hydrogen (secondary N) is 1. The minimum atomic E-state index is -0.311. The molecule has 1 saturated heterocycles. The van der Waals surface area contributed by atoms with Gasteiger partial charge in [-0.15, -0.1) is 0 Å². The van der Waals surface area contributed by atoms with E-state index < -0.39 is 0 Å². The zero-order valence-electron chi connectivity index (χ0n) is 16.3. The molecule has 1 heterocycles. The lowest BCUT2D eigenvalue weighted by Crippen LogP contribution is -2.45. The molecule has 0 aromatic heterocycles. The highest BCUT2D eigenvalue weighted by Crippen LogP contribution is 2.29. The predicted molar refractivity (Wildman–Crippen MR) is 109 cm³/mol. The smallest absolute Gasteiger partial charge is 0.234 e. The van der Waals surface area contributed by atoms with Crippen LogP contribution >= 0.6 is 0 Å². The molecule has 1 aliphatic heterocycles. The largest absolute Gasteiger partial charge is 0.383 e. The molecule has 0 saturated carbocycles. The zero-order chi connectivity index (χ0) is 19.8. The third-order valence-electron chi connectivity index (χ3n) is 5.30. The highest BCUT2D eigenvalue weighted by atomic mass is 16.5. The second kappa shape index (κ2) is 10.0. The van der Waals surface area contributed by atoms with Crippen molar-refractivity contribution < 1.29 is 14.3 Å². The number of carbonyl (C=O) groups is 2. The van der Waals surface area contributed by atoms with Crippen LogP contribution in [0.3, 0.4) is 0 Å². The Hall–Kier alpha value is -2.66. The standard InChI is InChI=1S/C23H28N2O3/c1-28-17-14-24-22(26)20-12-15-25(16-13-20)23(27)21(18-8-4-2-5-9-18)19-10-6-3-7-11-19/h2-11,20-21H,12-17H2,1H3,(H,24,26). The topological polar surface area (TPSA) is 58.6 Å². The van der Waals surface area contributed by atoms with Gasteiger partial charge >= 0.3 is 0 Å². The van der Waals surface area contributed by atoms with E-state index in [9.17, 15) is 9.59 Å². The summed E-state index contributed by atoms with van der Waals surface area (Å²) >= 11 is 0. The normalized spacial score (nSPS) is 14.9. The van der Waals surface area contributed by atoms with Gasteiger partial charge in [0.25, 0.3) is 0 Å². The van der Waals surface area contributed by atoms with Crippen molar-refractivity contribution in [2.24, 2.45) is 5.92 Å². The van der Waals surface area contributed by atoms with E-state index in [2.05, 4.69) is 5.32 Å². The second-order valence-electron chi connectivity index (χ2n) is 7.14. The molecule has 28 heavy (non-hydrogen) atoms. The molecule has 0 aliphatic carbocycles. The molecular formula is C23H28N2O3. The third kappa shape index (κ3) is 4.98. The Morgan fingerprint density at radius 1 is 1.00 bits per heavy atom. The highest BCUT2D eigenvalue weighted by molar-refractivity contribution is 5.87.